The van der Waals surface area contributed by atoms with Gasteiger partial charge in [0.2, 0.25) is 12.5 Å². The van der Waals surface area contributed by atoms with Crippen molar-refractivity contribution >= 4 is 5.97 Å². The van der Waals surface area contributed by atoms with E-state index in [0.717, 1.165) is 12.0 Å². The number of benzene rings is 1. The van der Waals surface area contributed by atoms with Gasteiger partial charge in [-0.2, -0.15) is 0 Å². The number of carbonyl (C=O) groups is 1. The van der Waals surface area contributed by atoms with Crippen LogP contribution in [0.1, 0.15) is 38.7 Å². The van der Waals surface area contributed by atoms with Crippen LogP contribution in [0.3, 0.4) is 0 Å². The molecule has 6 nitrogen and oxygen atoms in total. The second kappa shape index (κ2) is 7.19. The zero-order valence-electron chi connectivity index (χ0n) is 15.7. The van der Waals surface area contributed by atoms with E-state index in [9.17, 15) is 9.90 Å². The van der Waals surface area contributed by atoms with Gasteiger partial charge in [-0.05, 0) is 36.5 Å². The van der Waals surface area contributed by atoms with Crippen LogP contribution in [0.4, 0.5) is 0 Å². The van der Waals surface area contributed by atoms with Crippen LogP contribution in [0.25, 0.3) is 0 Å². The zero-order chi connectivity index (χ0) is 18.9. The molecule has 0 amide bonds. The van der Waals surface area contributed by atoms with E-state index in [1.165, 1.54) is 0 Å². The van der Waals surface area contributed by atoms with Gasteiger partial charge in [0.05, 0.1) is 13.0 Å². The molecule has 0 aromatic heterocycles. The second-order valence-electron chi connectivity index (χ2n) is 7.63. The van der Waals surface area contributed by atoms with Gasteiger partial charge < -0.3 is 24.6 Å². The Labute approximate surface area is 154 Å². The zero-order valence-corrected chi connectivity index (χ0v) is 15.7. The number of allylic oxidation sites excluding steroid dienone is 2. The highest BCUT2D eigenvalue weighted by Gasteiger charge is 2.44. The fourth-order valence-corrected chi connectivity index (χ4v) is 4.13. The van der Waals surface area contributed by atoms with Gasteiger partial charge in [0.1, 0.15) is 0 Å². The summed E-state index contributed by atoms with van der Waals surface area (Å²) in [5.41, 5.74) is 0.832. The molecule has 1 aromatic carbocycles. The molecule has 1 fully saturated rings. The number of methoxy groups -OCH3 is 1. The Morgan fingerprint density at radius 2 is 2.19 bits per heavy atom. The molecule has 3 rings (SSSR count). The lowest BCUT2D eigenvalue weighted by Crippen LogP contribution is -2.36. The molecule has 1 saturated heterocycles. The van der Waals surface area contributed by atoms with E-state index >= 15 is 0 Å². The molecule has 0 saturated carbocycles. The van der Waals surface area contributed by atoms with E-state index in [2.05, 4.69) is 25.2 Å². The summed E-state index contributed by atoms with van der Waals surface area (Å²) in [6, 6.07) is 3.65. The summed E-state index contributed by atoms with van der Waals surface area (Å²) < 4.78 is 16.3. The lowest BCUT2D eigenvalue weighted by atomic mass is 9.78. The summed E-state index contributed by atoms with van der Waals surface area (Å²) in [6.07, 6.45) is 4.90. The maximum absolute atomic E-state index is 12.1. The maximum Gasteiger partial charge on any atom is 0.308 e. The molecule has 1 aromatic rings. The predicted molar refractivity (Wildman–Crippen MR) is 98.0 cm³/mol. The highest BCUT2D eigenvalue weighted by atomic mass is 16.7. The molecule has 26 heavy (non-hydrogen) atoms. The Kier molecular flexibility index (Phi) is 5.14. The van der Waals surface area contributed by atoms with E-state index in [1.807, 2.05) is 25.1 Å². The quantitative estimate of drug-likeness (QED) is 0.758. The molecule has 0 aliphatic carbocycles. The van der Waals surface area contributed by atoms with Gasteiger partial charge in [0.15, 0.2) is 11.5 Å². The van der Waals surface area contributed by atoms with Crippen molar-refractivity contribution in [3.63, 3.8) is 0 Å². The third-order valence-electron chi connectivity index (χ3n) is 5.22. The molecular weight excluding hydrogens is 334 g/mol. The highest BCUT2D eigenvalue weighted by molar-refractivity contribution is 5.73. The average Bonchev–Trinajstić information content (AvgIpc) is 3.19. The maximum atomic E-state index is 12.1. The van der Waals surface area contributed by atoms with Crippen LogP contribution in [0.2, 0.25) is 0 Å². The molecule has 0 spiro atoms. The standard InChI is InChI=1S/C20H27NO5/c1-5-6-20(2,3)9-14-17(19(22)23)13(10-21-14)12-7-15(24-4)18-16(8-12)25-11-26-18/h5-8,13-14,17,21H,9-11H2,1-4H3,(H,22,23)/b6-5+. The van der Waals surface area contributed by atoms with E-state index in [1.54, 1.807) is 7.11 Å². The first-order valence-corrected chi connectivity index (χ1v) is 8.94. The van der Waals surface area contributed by atoms with E-state index in [-0.39, 0.29) is 24.2 Å². The highest BCUT2D eigenvalue weighted by Crippen LogP contribution is 2.46. The van der Waals surface area contributed by atoms with Gasteiger partial charge in [0.25, 0.3) is 0 Å². The number of nitrogens with one attached hydrogen (secondary N) is 1. The van der Waals surface area contributed by atoms with Crippen molar-refractivity contribution in [1.29, 1.82) is 0 Å². The van der Waals surface area contributed by atoms with E-state index in [4.69, 9.17) is 14.2 Å². The Bertz CT molecular complexity index is 712. The van der Waals surface area contributed by atoms with Crippen LogP contribution in [-0.4, -0.2) is 37.6 Å². The number of ether oxygens (including phenoxy) is 3. The van der Waals surface area contributed by atoms with Crippen LogP contribution in [0.5, 0.6) is 17.2 Å². The van der Waals surface area contributed by atoms with Gasteiger partial charge in [-0.15, -0.1) is 0 Å². The summed E-state index contributed by atoms with van der Waals surface area (Å²) in [4.78, 5) is 12.1. The predicted octanol–water partition coefficient (Wildman–Crippen LogP) is 3.17. The van der Waals surface area contributed by atoms with Gasteiger partial charge >= 0.3 is 5.97 Å². The van der Waals surface area contributed by atoms with Crippen LogP contribution < -0.4 is 19.5 Å². The number of rotatable bonds is 6. The molecule has 2 N–H and O–H groups in total. The SMILES string of the molecule is C/C=C/C(C)(C)CC1NCC(c2cc(OC)c3c(c2)OCO3)C1C(=O)O. The Balaban J connectivity index is 1.90. The first kappa shape index (κ1) is 18.6. The van der Waals surface area contributed by atoms with Crippen molar-refractivity contribution in [3.8, 4) is 17.2 Å². The smallest absolute Gasteiger partial charge is 0.308 e. The molecule has 142 valence electrons. The lowest BCUT2D eigenvalue weighted by molar-refractivity contribution is -0.142. The van der Waals surface area contributed by atoms with Crippen molar-refractivity contribution in [2.45, 2.75) is 39.2 Å². The Hall–Kier alpha value is -2.21. The first-order valence-electron chi connectivity index (χ1n) is 8.94. The summed E-state index contributed by atoms with van der Waals surface area (Å²) in [7, 11) is 1.57. The molecule has 6 heteroatoms. The Morgan fingerprint density at radius 3 is 2.85 bits per heavy atom. The minimum atomic E-state index is -0.780. The molecule has 2 aliphatic heterocycles. The molecule has 0 bridgehead atoms. The molecule has 3 unspecified atom stereocenters. The minimum Gasteiger partial charge on any atom is -0.493 e. The number of aliphatic carboxylic acids is 1. The molecular formula is C20H27NO5. The fourth-order valence-electron chi connectivity index (χ4n) is 4.13. The molecule has 2 heterocycles. The van der Waals surface area contributed by atoms with Crippen molar-refractivity contribution < 1.29 is 24.1 Å². The molecule has 3 atom stereocenters. The normalized spacial score (nSPS) is 25.0. The molecule has 2 aliphatic rings. The van der Waals surface area contributed by atoms with Gasteiger partial charge in [-0.25, -0.2) is 0 Å². The third kappa shape index (κ3) is 3.51. The third-order valence-corrected chi connectivity index (χ3v) is 5.22. The number of hydrogen-bond donors (Lipinski definition) is 2. The van der Waals surface area contributed by atoms with Gasteiger partial charge in [0, 0.05) is 18.5 Å². The van der Waals surface area contributed by atoms with Crippen LogP contribution >= 0.6 is 0 Å². The van der Waals surface area contributed by atoms with Crippen LogP contribution in [-0.2, 0) is 4.79 Å². The van der Waals surface area contributed by atoms with Crippen molar-refractivity contribution in [1.82, 2.24) is 5.32 Å². The number of hydrogen-bond acceptors (Lipinski definition) is 5. The summed E-state index contributed by atoms with van der Waals surface area (Å²) >= 11 is 0. The summed E-state index contributed by atoms with van der Waals surface area (Å²) in [6.45, 7) is 7.01. The first-order chi connectivity index (χ1) is 12.4. The lowest BCUT2D eigenvalue weighted by Gasteiger charge is -2.28. The molecule has 0 radical (unpaired) electrons. The van der Waals surface area contributed by atoms with E-state index < -0.39 is 11.9 Å². The average molecular weight is 361 g/mol. The van der Waals surface area contributed by atoms with Gasteiger partial charge in [-0.3, -0.25) is 4.79 Å². The largest absolute Gasteiger partial charge is 0.493 e. The van der Waals surface area contributed by atoms with Crippen LogP contribution in [0, 0.1) is 11.3 Å². The van der Waals surface area contributed by atoms with Crippen molar-refractivity contribution in [2.75, 3.05) is 20.4 Å². The second-order valence-corrected chi connectivity index (χ2v) is 7.63. The number of carboxylic acid groups (broad SMARTS) is 1. The van der Waals surface area contributed by atoms with Gasteiger partial charge in [-0.1, -0.05) is 26.0 Å². The number of fused-ring (bicyclic) bond motifs is 1. The minimum absolute atomic E-state index is 0.0679. The fraction of sp³-hybridized carbons (Fsp3) is 0.550. The van der Waals surface area contributed by atoms with E-state index in [0.29, 0.717) is 23.8 Å². The monoisotopic (exact) mass is 361 g/mol. The van der Waals surface area contributed by atoms with Crippen molar-refractivity contribution in [2.24, 2.45) is 11.3 Å². The summed E-state index contributed by atoms with van der Waals surface area (Å²) in [5, 5.41) is 13.3. The number of carboxylic acids is 1. The van der Waals surface area contributed by atoms with Crippen molar-refractivity contribution in [3.05, 3.63) is 29.8 Å². The van der Waals surface area contributed by atoms with Crippen LogP contribution in [0.15, 0.2) is 24.3 Å². The summed E-state index contributed by atoms with van der Waals surface area (Å²) in [5.74, 6) is 0.336. The topological polar surface area (TPSA) is 77.0 Å². The Morgan fingerprint density at radius 1 is 1.42 bits per heavy atom.